The van der Waals surface area contributed by atoms with Crippen molar-refractivity contribution >= 4 is 46.4 Å². The molecule has 1 atom stereocenters. The molecule has 112 valence electrons. The Morgan fingerprint density at radius 2 is 1.33 bits per heavy atom. The number of benzene rings is 2. The van der Waals surface area contributed by atoms with Gasteiger partial charge in [0, 0.05) is 21.1 Å². The second kappa shape index (κ2) is 6.97. The molecule has 0 spiro atoms. The predicted molar refractivity (Wildman–Crippen MR) is 88.7 cm³/mol. The Labute approximate surface area is 143 Å². The highest BCUT2D eigenvalue weighted by Crippen LogP contribution is 2.41. The molecule has 0 aliphatic carbocycles. The maximum Gasteiger partial charge on any atom is 0.162 e. The van der Waals surface area contributed by atoms with Crippen LogP contribution in [0.15, 0.2) is 30.3 Å². The average Bonchev–Trinajstić information content (AvgIpc) is 2.45. The summed E-state index contributed by atoms with van der Waals surface area (Å²) in [5.74, 6) is 1.09. The van der Waals surface area contributed by atoms with Crippen LogP contribution in [-0.4, -0.2) is 14.2 Å². The molecule has 0 aliphatic rings. The molecule has 21 heavy (non-hydrogen) atoms. The van der Waals surface area contributed by atoms with Gasteiger partial charge in [-0.2, -0.15) is 0 Å². The summed E-state index contributed by atoms with van der Waals surface area (Å²) in [5, 5.41) is 0.997. The lowest BCUT2D eigenvalue weighted by atomic mass is 10.0. The molecule has 0 radical (unpaired) electrons. The Morgan fingerprint density at radius 3 is 1.86 bits per heavy atom. The average molecular weight is 366 g/mol. The topological polar surface area (TPSA) is 18.5 Å². The minimum Gasteiger partial charge on any atom is -0.493 e. The van der Waals surface area contributed by atoms with Crippen molar-refractivity contribution in [1.29, 1.82) is 0 Å². The first kappa shape index (κ1) is 16.6. The van der Waals surface area contributed by atoms with Gasteiger partial charge in [-0.25, -0.2) is 0 Å². The van der Waals surface area contributed by atoms with Gasteiger partial charge in [-0.3, -0.25) is 0 Å². The van der Waals surface area contributed by atoms with Crippen molar-refractivity contribution in [2.75, 3.05) is 14.2 Å². The largest absolute Gasteiger partial charge is 0.493 e. The van der Waals surface area contributed by atoms with Gasteiger partial charge < -0.3 is 9.47 Å². The first-order valence-corrected chi connectivity index (χ1v) is 7.54. The van der Waals surface area contributed by atoms with E-state index in [9.17, 15) is 0 Å². The van der Waals surface area contributed by atoms with Crippen LogP contribution in [-0.2, 0) is 0 Å². The lowest BCUT2D eigenvalue weighted by molar-refractivity contribution is 0.354. The molecule has 2 aromatic carbocycles. The van der Waals surface area contributed by atoms with E-state index in [1.165, 1.54) is 0 Å². The molecule has 1 unspecified atom stereocenters. The number of ether oxygens (including phenoxy) is 2. The van der Waals surface area contributed by atoms with E-state index in [4.69, 9.17) is 55.9 Å². The molecular formula is C15H12Cl4O2. The van der Waals surface area contributed by atoms with Crippen LogP contribution in [0, 0.1) is 0 Å². The number of hydrogen-bond acceptors (Lipinski definition) is 2. The summed E-state index contributed by atoms with van der Waals surface area (Å²) in [6.45, 7) is 0. The van der Waals surface area contributed by atoms with Gasteiger partial charge in [-0.05, 0) is 35.4 Å². The van der Waals surface area contributed by atoms with Crippen molar-refractivity contribution in [1.82, 2.24) is 0 Å². The van der Waals surface area contributed by atoms with Crippen LogP contribution in [0.1, 0.15) is 16.5 Å². The normalized spacial score (nSPS) is 12.1. The van der Waals surface area contributed by atoms with Crippen LogP contribution in [0.5, 0.6) is 11.5 Å². The van der Waals surface area contributed by atoms with Crippen molar-refractivity contribution in [3.05, 3.63) is 56.5 Å². The summed E-state index contributed by atoms with van der Waals surface area (Å²) in [6, 6.07) is 8.55. The van der Waals surface area contributed by atoms with Gasteiger partial charge in [0.15, 0.2) is 11.5 Å². The van der Waals surface area contributed by atoms with Crippen molar-refractivity contribution < 1.29 is 9.47 Å². The fraction of sp³-hybridized carbons (Fsp3) is 0.200. The summed E-state index contributed by atoms with van der Waals surface area (Å²) < 4.78 is 10.5. The number of alkyl halides is 1. The zero-order chi connectivity index (χ0) is 15.6. The summed E-state index contributed by atoms with van der Waals surface area (Å²) in [7, 11) is 3.10. The van der Waals surface area contributed by atoms with Crippen LogP contribution >= 0.6 is 46.4 Å². The zero-order valence-corrected chi connectivity index (χ0v) is 14.3. The first-order chi connectivity index (χ1) is 9.96. The smallest absolute Gasteiger partial charge is 0.162 e. The Bertz CT molecular complexity index is 638. The molecule has 0 bridgehead atoms. The first-order valence-electron chi connectivity index (χ1n) is 5.97. The van der Waals surface area contributed by atoms with Crippen molar-refractivity contribution in [2.45, 2.75) is 5.38 Å². The molecule has 0 aliphatic heterocycles. The molecular weight excluding hydrogens is 354 g/mol. The van der Waals surface area contributed by atoms with Gasteiger partial charge in [0.05, 0.1) is 19.6 Å². The van der Waals surface area contributed by atoms with Gasteiger partial charge in [-0.1, -0.05) is 34.8 Å². The van der Waals surface area contributed by atoms with E-state index in [1.54, 1.807) is 44.6 Å². The molecule has 0 fully saturated rings. The maximum absolute atomic E-state index is 6.51. The molecule has 2 nitrogen and oxygen atoms in total. The summed E-state index contributed by atoms with van der Waals surface area (Å²) in [6.07, 6.45) is 0. The lowest BCUT2D eigenvalue weighted by Crippen LogP contribution is -1.98. The molecule has 0 amide bonds. The zero-order valence-electron chi connectivity index (χ0n) is 11.3. The molecule has 0 saturated carbocycles. The summed E-state index contributed by atoms with van der Waals surface area (Å²) in [4.78, 5) is 0. The fourth-order valence-corrected chi connectivity index (χ4v) is 3.13. The highest BCUT2D eigenvalue weighted by Gasteiger charge is 2.19. The Morgan fingerprint density at radius 1 is 0.810 bits per heavy atom. The van der Waals surface area contributed by atoms with Crippen molar-refractivity contribution in [2.24, 2.45) is 0 Å². The predicted octanol–water partition coefficient (Wildman–Crippen LogP) is 5.99. The molecule has 2 aromatic rings. The molecule has 0 heterocycles. The molecule has 2 rings (SSSR count). The van der Waals surface area contributed by atoms with Crippen molar-refractivity contribution in [3.63, 3.8) is 0 Å². The van der Waals surface area contributed by atoms with Crippen LogP contribution in [0.3, 0.4) is 0 Å². The summed E-state index contributed by atoms with van der Waals surface area (Å²) in [5.41, 5.74) is 1.44. The Hall–Kier alpha value is -0.800. The van der Waals surface area contributed by atoms with Crippen molar-refractivity contribution in [3.8, 4) is 11.5 Å². The van der Waals surface area contributed by atoms with Crippen LogP contribution < -0.4 is 9.47 Å². The number of rotatable bonds is 4. The minimum absolute atomic E-state index is 0.476. The van der Waals surface area contributed by atoms with Gasteiger partial charge in [0.2, 0.25) is 0 Å². The molecule has 0 N–H and O–H groups in total. The number of hydrogen-bond donors (Lipinski definition) is 0. The third-order valence-electron chi connectivity index (χ3n) is 2.95. The molecule has 6 heteroatoms. The van der Waals surface area contributed by atoms with E-state index in [2.05, 4.69) is 0 Å². The summed E-state index contributed by atoms with van der Waals surface area (Å²) >= 11 is 24.8. The molecule has 0 aromatic heterocycles. The highest BCUT2D eigenvalue weighted by molar-refractivity contribution is 6.35. The highest BCUT2D eigenvalue weighted by atomic mass is 35.5. The number of methoxy groups -OCH3 is 2. The minimum atomic E-state index is -0.506. The Balaban J connectivity index is 2.49. The standard InChI is InChI=1S/C15H12Cl4O2/c1-20-13-6-11(12(18)7-14(13)21-2)15(19)8-3-9(16)5-10(17)4-8/h3-7,15H,1-2H3. The molecule has 0 saturated heterocycles. The SMILES string of the molecule is COc1cc(Cl)c(C(Cl)c2cc(Cl)cc(Cl)c2)cc1OC. The van der Waals surface area contributed by atoms with Crippen LogP contribution in [0.25, 0.3) is 0 Å². The van der Waals surface area contributed by atoms with Gasteiger partial charge in [-0.15, -0.1) is 11.6 Å². The van der Waals surface area contributed by atoms with Crippen LogP contribution in [0.4, 0.5) is 0 Å². The van der Waals surface area contributed by atoms with E-state index in [0.29, 0.717) is 32.1 Å². The second-order valence-electron chi connectivity index (χ2n) is 4.29. The van der Waals surface area contributed by atoms with E-state index in [0.717, 1.165) is 5.56 Å². The van der Waals surface area contributed by atoms with E-state index >= 15 is 0 Å². The van der Waals surface area contributed by atoms with E-state index in [-0.39, 0.29) is 0 Å². The van der Waals surface area contributed by atoms with E-state index < -0.39 is 5.38 Å². The second-order valence-corrected chi connectivity index (χ2v) is 6.01. The lowest BCUT2D eigenvalue weighted by Gasteiger charge is -2.16. The monoisotopic (exact) mass is 364 g/mol. The fourth-order valence-electron chi connectivity index (χ4n) is 1.97. The Kier molecular flexibility index (Phi) is 5.50. The number of halogens is 4. The van der Waals surface area contributed by atoms with Gasteiger partial charge >= 0.3 is 0 Å². The third-order valence-corrected chi connectivity index (χ3v) is 4.20. The van der Waals surface area contributed by atoms with E-state index in [1.807, 2.05) is 0 Å². The van der Waals surface area contributed by atoms with Gasteiger partial charge in [0.1, 0.15) is 0 Å². The third kappa shape index (κ3) is 3.70. The maximum atomic E-state index is 6.51. The van der Waals surface area contributed by atoms with Crippen LogP contribution in [0.2, 0.25) is 15.1 Å². The quantitative estimate of drug-likeness (QED) is 0.619. The van der Waals surface area contributed by atoms with Gasteiger partial charge in [0.25, 0.3) is 0 Å².